The number of hydrogen-bond acceptors (Lipinski definition) is 3. The lowest BCUT2D eigenvalue weighted by Crippen LogP contribution is -2.42. The number of hydrogen-bond donors (Lipinski definition) is 1. The summed E-state index contributed by atoms with van der Waals surface area (Å²) < 4.78 is 5.27. The van der Waals surface area contributed by atoms with Gasteiger partial charge in [0.05, 0.1) is 12.0 Å². The van der Waals surface area contributed by atoms with Gasteiger partial charge in [-0.25, -0.2) is 0 Å². The Morgan fingerprint density at radius 3 is 2.93 bits per heavy atom. The standard InChI is InChI=1S/C11H20N2O2/c1-15-10-4-6-13(8-10)11(14)9-3-2-5-12-7-9/h9-10,12H,2-8H2,1H3/t9-,10-/m0/s1. The second-order valence-electron chi connectivity index (χ2n) is 4.47. The van der Waals surface area contributed by atoms with Crippen molar-refractivity contribution in [3.63, 3.8) is 0 Å². The zero-order valence-corrected chi connectivity index (χ0v) is 9.37. The summed E-state index contributed by atoms with van der Waals surface area (Å²) in [5.74, 6) is 0.524. The minimum absolute atomic E-state index is 0.203. The van der Waals surface area contributed by atoms with Gasteiger partial charge in [0, 0.05) is 26.7 Å². The van der Waals surface area contributed by atoms with Crippen molar-refractivity contribution in [3.8, 4) is 0 Å². The Bertz CT molecular complexity index is 227. The van der Waals surface area contributed by atoms with Crippen LogP contribution >= 0.6 is 0 Å². The van der Waals surface area contributed by atoms with Crippen LogP contribution in [0.4, 0.5) is 0 Å². The van der Waals surface area contributed by atoms with Gasteiger partial charge in [-0.15, -0.1) is 0 Å². The van der Waals surface area contributed by atoms with Gasteiger partial charge in [-0.2, -0.15) is 0 Å². The van der Waals surface area contributed by atoms with Crippen LogP contribution in [-0.4, -0.2) is 50.2 Å². The van der Waals surface area contributed by atoms with Gasteiger partial charge in [0.1, 0.15) is 0 Å². The van der Waals surface area contributed by atoms with Crippen molar-refractivity contribution >= 4 is 5.91 Å². The maximum Gasteiger partial charge on any atom is 0.227 e. The first kappa shape index (κ1) is 10.9. The average Bonchev–Trinajstić information content (AvgIpc) is 2.78. The number of likely N-dealkylation sites (tertiary alicyclic amines) is 1. The van der Waals surface area contributed by atoms with Crippen LogP contribution in [0.1, 0.15) is 19.3 Å². The number of methoxy groups -OCH3 is 1. The van der Waals surface area contributed by atoms with Crippen molar-refractivity contribution in [1.82, 2.24) is 10.2 Å². The molecule has 0 spiro atoms. The highest BCUT2D eigenvalue weighted by Gasteiger charge is 2.31. The van der Waals surface area contributed by atoms with Crippen LogP contribution in [0.3, 0.4) is 0 Å². The molecule has 0 bridgehead atoms. The van der Waals surface area contributed by atoms with Crippen LogP contribution in [0.25, 0.3) is 0 Å². The van der Waals surface area contributed by atoms with Crippen molar-refractivity contribution in [2.45, 2.75) is 25.4 Å². The van der Waals surface area contributed by atoms with Crippen LogP contribution in [0.5, 0.6) is 0 Å². The van der Waals surface area contributed by atoms with Crippen molar-refractivity contribution < 1.29 is 9.53 Å². The molecule has 1 N–H and O–H groups in total. The minimum atomic E-state index is 0.203. The molecule has 0 aromatic heterocycles. The van der Waals surface area contributed by atoms with E-state index in [1.165, 1.54) is 0 Å². The van der Waals surface area contributed by atoms with Gasteiger partial charge in [0.2, 0.25) is 5.91 Å². The number of piperidine rings is 1. The lowest BCUT2D eigenvalue weighted by atomic mass is 9.98. The van der Waals surface area contributed by atoms with Crippen LogP contribution < -0.4 is 5.32 Å². The van der Waals surface area contributed by atoms with E-state index in [1.54, 1.807) is 7.11 Å². The molecule has 0 unspecified atom stereocenters. The number of nitrogens with zero attached hydrogens (tertiary/aromatic N) is 1. The highest BCUT2D eigenvalue weighted by atomic mass is 16.5. The molecular weight excluding hydrogens is 192 g/mol. The molecule has 2 aliphatic heterocycles. The van der Waals surface area contributed by atoms with Crippen molar-refractivity contribution in [2.24, 2.45) is 5.92 Å². The third-order valence-corrected chi connectivity index (χ3v) is 3.44. The lowest BCUT2D eigenvalue weighted by Gasteiger charge is -2.26. The highest BCUT2D eigenvalue weighted by molar-refractivity contribution is 5.79. The molecule has 0 saturated carbocycles. The van der Waals surface area contributed by atoms with Gasteiger partial charge < -0.3 is 15.0 Å². The van der Waals surface area contributed by atoms with Crippen LogP contribution in [0, 0.1) is 5.92 Å². The van der Waals surface area contributed by atoms with Gasteiger partial charge in [-0.1, -0.05) is 0 Å². The second-order valence-corrected chi connectivity index (χ2v) is 4.47. The fourth-order valence-corrected chi connectivity index (χ4v) is 2.44. The summed E-state index contributed by atoms with van der Waals surface area (Å²) in [5, 5.41) is 3.29. The first-order valence-corrected chi connectivity index (χ1v) is 5.83. The van der Waals surface area contributed by atoms with Crippen LogP contribution in [0.2, 0.25) is 0 Å². The molecule has 86 valence electrons. The molecule has 2 rings (SSSR count). The molecule has 1 amide bonds. The molecule has 2 aliphatic rings. The molecule has 0 aliphatic carbocycles. The quantitative estimate of drug-likeness (QED) is 0.712. The van der Waals surface area contributed by atoms with Crippen LogP contribution in [0.15, 0.2) is 0 Å². The van der Waals surface area contributed by atoms with Gasteiger partial charge >= 0.3 is 0 Å². The summed E-state index contributed by atoms with van der Waals surface area (Å²) in [4.78, 5) is 14.1. The number of rotatable bonds is 2. The van der Waals surface area contributed by atoms with E-state index in [0.29, 0.717) is 5.91 Å². The molecule has 2 atom stereocenters. The maximum atomic E-state index is 12.1. The molecule has 0 aromatic rings. The Labute approximate surface area is 91.0 Å². The van der Waals surface area contributed by atoms with Gasteiger partial charge in [-0.05, 0) is 25.8 Å². The Morgan fingerprint density at radius 2 is 2.33 bits per heavy atom. The van der Waals surface area contributed by atoms with E-state index in [-0.39, 0.29) is 12.0 Å². The first-order chi connectivity index (χ1) is 7.31. The Morgan fingerprint density at radius 1 is 1.47 bits per heavy atom. The van der Waals surface area contributed by atoms with Crippen molar-refractivity contribution in [3.05, 3.63) is 0 Å². The zero-order chi connectivity index (χ0) is 10.7. The fraction of sp³-hybridized carbons (Fsp3) is 0.909. The molecule has 4 heteroatoms. The van der Waals surface area contributed by atoms with E-state index in [0.717, 1.165) is 45.4 Å². The number of amides is 1. The van der Waals surface area contributed by atoms with E-state index in [4.69, 9.17) is 4.74 Å². The number of carbonyl (C=O) groups excluding carboxylic acids is 1. The molecular formula is C11H20N2O2. The first-order valence-electron chi connectivity index (χ1n) is 5.83. The van der Waals surface area contributed by atoms with Crippen molar-refractivity contribution in [2.75, 3.05) is 33.3 Å². The summed E-state index contributed by atoms with van der Waals surface area (Å²) in [6, 6.07) is 0. The minimum Gasteiger partial charge on any atom is -0.380 e. The predicted molar refractivity (Wildman–Crippen MR) is 57.6 cm³/mol. The monoisotopic (exact) mass is 212 g/mol. The third-order valence-electron chi connectivity index (χ3n) is 3.44. The van der Waals surface area contributed by atoms with Gasteiger partial charge in [0.25, 0.3) is 0 Å². The van der Waals surface area contributed by atoms with Gasteiger partial charge in [0.15, 0.2) is 0 Å². The number of ether oxygens (including phenoxy) is 1. The molecule has 2 heterocycles. The smallest absolute Gasteiger partial charge is 0.227 e. The predicted octanol–water partition coefficient (Wildman–Crippen LogP) is 0.233. The molecule has 0 aromatic carbocycles. The van der Waals surface area contributed by atoms with E-state index >= 15 is 0 Å². The fourth-order valence-electron chi connectivity index (χ4n) is 2.44. The normalized spacial score (nSPS) is 31.9. The Balaban J connectivity index is 1.85. The van der Waals surface area contributed by atoms with Crippen LogP contribution in [-0.2, 0) is 9.53 Å². The van der Waals surface area contributed by atoms with E-state index < -0.39 is 0 Å². The molecule has 2 fully saturated rings. The van der Waals surface area contributed by atoms with E-state index in [1.807, 2.05) is 4.90 Å². The molecule has 4 nitrogen and oxygen atoms in total. The summed E-state index contributed by atoms with van der Waals surface area (Å²) in [5.41, 5.74) is 0. The topological polar surface area (TPSA) is 41.6 Å². The largest absolute Gasteiger partial charge is 0.380 e. The zero-order valence-electron chi connectivity index (χ0n) is 9.37. The summed E-state index contributed by atoms with van der Waals surface area (Å²) in [6.07, 6.45) is 3.41. The van der Waals surface area contributed by atoms with E-state index in [9.17, 15) is 4.79 Å². The summed E-state index contributed by atoms with van der Waals surface area (Å²) in [6.45, 7) is 3.57. The third kappa shape index (κ3) is 2.49. The molecule has 2 saturated heterocycles. The molecule has 0 radical (unpaired) electrons. The van der Waals surface area contributed by atoms with Gasteiger partial charge in [-0.3, -0.25) is 4.79 Å². The number of carbonyl (C=O) groups is 1. The average molecular weight is 212 g/mol. The highest BCUT2D eigenvalue weighted by Crippen LogP contribution is 2.18. The lowest BCUT2D eigenvalue weighted by molar-refractivity contribution is -0.135. The summed E-state index contributed by atoms with van der Waals surface area (Å²) in [7, 11) is 1.72. The maximum absolute atomic E-state index is 12.1. The molecule has 15 heavy (non-hydrogen) atoms. The SMILES string of the molecule is CO[C@H]1CCN(C(=O)[C@H]2CCCNC2)C1. The van der Waals surface area contributed by atoms with Crippen molar-refractivity contribution in [1.29, 1.82) is 0 Å². The Kier molecular flexibility index (Phi) is 3.59. The number of nitrogens with one attached hydrogen (secondary N) is 1. The second kappa shape index (κ2) is 4.94. The van der Waals surface area contributed by atoms with E-state index in [2.05, 4.69) is 5.32 Å². The Hall–Kier alpha value is -0.610. The summed E-state index contributed by atoms with van der Waals surface area (Å²) >= 11 is 0.